The van der Waals surface area contributed by atoms with E-state index in [1.807, 2.05) is 6.20 Å². The van der Waals surface area contributed by atoms with Gasteiger partial charge in [-0.25, -0.2) is 0 Å². The standard InChI is InChI=1S/C12H16N4/c1-9-5-10(2)7-11(6-9)12-8-16(4-3-13)15-14-12/h5-8H,3-4,13H2,1-2H3. The second-order valence-corrected chi connectivity index (χ2v) is 4.03. The molecule has 1 heterocycles. The van der Waals surface area contributed by atoms with Crippen LogP contribution >= 0.6 is 0 Å². The molecule has 0 spiro atoms. The van der Waals surface area contributed by atoms with Crippen LogP contribution in [0.5, 0.6) is 0 Å². The number of nitrogens with two attached hydrogens (primary N) is 1. The molecule has 2 N–H and O–H groups in total. The van der Waals surface area contributed by atoms with Crippen LogP contribution in [0.2, 0.25) is 0 Å². The van der Waals surface area contributed by atoms with Gasteiger partial charge in [-0.1, -0.05) is 22.4 Å². The van der Waals surface area contributed by atoms with Gasteiger partial charge in [0.25, 0.3) is 0 Å². The van der Waals surface area contributed by atoms with E-state index in [2.05, 4.69) is 42.4 Å². The number of aromatic nitrogens is 3. The van der Waals surface area contributed by atoms with Crippen molar-refractivity contribution < 1.29 is 0 Å². The first-order valence-electron chi connectivity index (χ1n) is 5.38. The molecule has 0 saturated heterocycles. The molecule has 4 heteroatoms. The summed E-state index contributed by atoms with van der Waals surface area (Å²) in [5, 5.41) is 8.17. The molecule has 4 nitrogen and oxygen atoms in total. The predicted molar refractivity (Wildman–Crippen MR) is 64.0 cm³/mol. The summed E-state index contributed by atoms with van der Waals surface area (Å²) in [4.78, 5) is 0. The van der Waals surface area contributed by atoms with Crippen LogP contribution in [0.4, 0.5) is 0 Å². The van der Waals surface area contributed by atoms with Crippen LogP contribution in [0, 0.1) is 13.8 Å². The molecule has 0 amide bonds. The molecule has 0 saturated carbocycles. The summed E-state index contributed by atoms with van der Waals surface area (Å²) in [6.45, 7) is 5.45. The van der Waals surface area contributed by atoms with Gasteiger partial charge in [-0.2, -0.15) is 0 Å². The smallest absolute Gasteiger partial charge is 0.113 e. The molecule has 0 fully saturated rings. The minimum atomic E-state index is 0.579. The van der Waals surface area contributed by atoms with E-state index in [0.29, 0.717) is 13.1 Å². The first-order chi connectivity index (χ1) is 7.69. The third kappa shape index (κ3) is 2.28. The lowest BCUT2D eigenvalue weighted by Crippen LogP contribution is -2.10. The van der Waals surface area contributed by atoms with Crippen molar-refractivity contribution in [3.8, 4) is 11.3 Å². The SMILES string of the molecule is Cc1cc(C)cc(-c2cn(CCN)nn2)c1. The zero-order chi connectivity index (χ0) is 11.5. The third-order valence-corrected chi connectivity index (χ3v) is 2.41. The van der Waals surface area contributed by atoms with Gasteiger partial charge in [-0.15, -0.1) is 5.10 Å². The Kier molecular flexibility index (Phi) is 3.01. The molecule has 16 heavy (non-hydrogen) atoms. The van der Waals surface area contributed by atoms with Gasteiger partial charge >= 0.3 is 0 Å². The molecule has 2 rings (SSSR count). The largest absolute Gasteiger partial charge is 0.329 e. The summed E-state index contributed by atoms with van der Waals surface area (Å²) < 4.78 is 1.77. The van der Waals surface area contributed by atoms with Gasteiger partial charge in [-0.3, -0.25) is 4.68 Å². The Morgan fingerprint density at radius 2 is 1.88 bits per heavy atom. The highest BCUT2D eigenvalue weighted by molar-refractivity contribution is 5.59. The zero-order valence-electron chi connectivity index (χ0n) is 9.64. The van der Waals surface area contributed by atoms with Crippen LogP contribution in [-0.4, -0.2) is 21.5 Å². The van der Waals surface area contributed by atoms with Gasteiger partial charge in [0.15, 0.2) is 0 Å². The lowest BCUT2D eigenvalue weighted by atomic mass is 10.1. The monoisotopic (exact) mass is 216 g/mol. The number of benzene rings is 1. The van der Waals surface area contributed by atoms with Gasteiger partial charge in [0, 0.05) is 12.1 Å². The topological polar surface area (TPSA) is 56.7 Å². The van der Waals surface area contributed by atoms with E-state index in [1.165, 1.54) is 11.1 Å². The maximum atomic E-state index is 5.47. The summed E-state index contributed by atoms with van der Waals surface area (Å²) in [6, 6.07) is 6.38. The lowest BCUT2D eigenvalue weighted by molar-refractivity contribution is 0.598. The second-order valence-electron chi connectivity index (χ2n) is 4.03. The van der Waals surface area contributed by atoms with E-state index in [9.17, 15) is 0 Å². The van der Waals surface area contributed by atoms with E-state index in [0.717, 1.165) is 11.3 Å². The fourth-order valence-corrected chi connectivity index (χ4v) is 1.79. The van der Waals surface area contributed by atoms with Gasteiger partial charge in [0.05, 0.1) is 12.7 Å². The molecule has 2 aromatic rings. The van der Waals surface area contributed by atoms with Gasteiger partial charge in [0.2, 0.25) is 0 Å². The van der Waals surface area contributed by atoms with Crippen molar-refractivity contribution in [1.29, 1.82) is 0 Å². The fourth-order valence-electron chi connectivity index (χ4n) is 1.79. The van der Waals surface area contributed by atoms with Crippen LogP contribution in [-0.2, 0) is 6.54 Å². The number of aryl methyl sites for hydroxylation is 2. The molecule has 1 aromatic carbocycles. The van der Waals surface area contributed by atoms with E-state index in [4.69, 9.17) is 5.73 Å². The van der Waals surface area contributed by atoms with Crippen molar-refractivity contribution in [2.45, 2.75) is 20.4 Å². The molecular formula is C12H16N4. The van der Waals surface area contributed by atoms with Gasteiger partial charge < -0.3 is 5.73 Å². The van der Waals surface area contributed by atoms with Crippen molar-refractivity contribution >= 4 is 0 Å². The minimum absolute atomic E-state index is 0.579. The number of nitrogens with zero attached hydrogens (tertiary/aromatic N) is 3. The first kappa shape index (κ1) is 10.8. The summed E-state index contributed by atoms with van der Waals surface area (Å²) in [5.74, 6) is 0. The van der Waals surface area contributed by atoms with Crippen LogP contribution in [0.15, 0.2) is 24.4 Å². The first-order valence-corrected chi connectivity index (χ1v) is 5.38. The highest BCUT2D eigenvalue weighted by Crippen LogP contribution is 2.19. The summed E-state index contributed by atoms with van der Waals surface area (Å²) >= 11 is 0. The van der Waals surface area contributed by atoms with Crippen LogP contribution < -0.4 is 5.73 Å². The maximum absolute atomic E-state index is 5.47. The van der Waals surface area contributed by atoms with Crippen LogP contribution in [0.1, 0.15) is 11.1 Å². The van der Waals surface area contributed by atoms with Crippen LogP contribution in [0.25, 0.3) is 11.3 Å². The number of hydrogen-bond acceptors (Lipinski definition) is 3. The summed E-state index contributed by atoms with van der Waals surface area (Å²) in [5.41, 5.74) is 9.96. The molecule has 0 radical (unpaired) electrons. The molecule has 1 aromatic heterocycles. The van der Waals surface area contributed by atoms with Gasteiger partial charge in [-0.05, 0) is 26.0 Å². The van der Waals surface area contributed by atoms with E-state index < -0.39 is 0 Å². The van der Waals surface area contributed by atoms with Crippen molar-refractivity contribution in [3.05, 3.63) is 35.5 Å². The maximum Gasteiger partial charge on any atom is 0.113 e. The highest BCUT2D eigenvalue weighted by atomic mass is 15.4. The Hall–Kier alpha value is -1.68. The Balaban J connectivity index is 2.34. The molecule has 0 aliphatic heterocycles. The normalized spacial score (nSPS) is 10.7. The molecule has 0 atom stereocenters. The van der Waals surface area contributed by atoms with Crippen molar-refractivity contribution in [3.63, 3.8) is 0 Å². The van der Waals surface area contributed by atoms with E-state index in [1.54, 1.807) is 4.68 Å². The Bertz CT molecular complexity index is 467. The van der Waals surface area contributed by atoms with Crippen molar-refractivity contribution in [2.75, 3.05) is 6.54 Å². The Morgan fingerprint density at radius 1 is 1.19 bits per heavy atom. The van der Waals surface area contributed by atoms with Crippen molar-refractivity contribution in [2.24, 2.45) is 5.73 Å². The molecule has 0 bridgehead atoms. The zero-order valence-corrected chi connectivity index (χ0v) is 9.64. The van der Waals surface area contributed by atoms with Crippen LogP contribution in [0.3, 0.4) is 0 Å². The molecule has 84 valence electrons. The Morgan fingerprint density at radius 3 is 2.50 bits per heavy atom. The molecule has 0 unspecified atom stereocenters. The predicted octanol–water partition coefficient (Wildman–Crippen LogP) is 1.52. The number of rotatable bonds is 3. The average molecular weight is 216 g/mol. The summed E-state index contributed by atoms with van der Waals surface area (Å²) in [6.07, 6.45) is 1.93. The van der Waals surface area contributed by atoms with E-state index in [-0.39, 0.29) is 0 Å². The second kappa shape index (κ2) is 4.45. The lowest BCUT2D eigenvalue weighted by Gasteiger charge is -2.00. The molecular weight excluding hydrogens is 200 g/mol. The van der Waals surface area contributed by atoms with Gasteiger partial charge in [0.1, 0.15) is 5.69 Å². The fraction of sp³-hybridized carbons (Fsp3) is 0.333. The summed E-state index contributed by atoms with van der Waals surface area (Å²) in [7, 11) is 0. The van der Waals surface area contributed by atoms with E-state index >= 15 is 0 Å². The minimum Gasteiger partial charge on any atom is -0.329 e. The molecule has 0 aliphatic carbocycles. The average Bonchev–Trinajstić information content (AvgIpc) is 2.65. The Labute approximate surface area is 95.1 Å². The molecule has 0 aliphatic rings. The van der Waals surface area contributed by atoms with Crippen molar-refractivity contribution in [1.82, 2.24) is 15.0 Å². The highest BCUT2D eigenvalue weighted by Gasteiger charge is 2.04. The number of hydrogen-bond donors (Lipinski definition) is 1. The quantitative estimate of drug-likeness (QED) is 0.846. The third-order valence-electron chi connectivity index (χ3n) is 2.41.